The van der Waals surface area contributed by atoms with Crippen molar-refractivity contribution in [3.63, 3.8) is 0 Å². The molecule has 4 aliphatic rings. The molecule has 128 valence electrons. The van der Waals surface area contributed by atoms with Gasteiger partial charge < -0.3 is 4.74 Å². The highest BCUT2D eigenvalue weighted by Crippen LogP contribution is 2.62. The lowest BCUT2D eigenvalue weighted by atomic mass is 9.53. The van der Waals surface area contributed by atoms with Gasteiger partial charge in [0.2, 0.25) is 0 Å². The van der Waals surface area contributed by atoms with E-state index in [1.807, 2.05) is 6.08 Å². The minimum atomic E-state index is 0.295. The highest BCUT2D eigenvalue weighted by atomic mass is 16.5. The molecule has 0 amide bonds. The molecule has 2 fully saturated rings. The molecular weight excluding hydrogens is 294 g/mol. The monoisotopic (exact) mass is 323 g/mol. The van der Waals surface area contributed by atoms with Crippen molar-refractivity contribution >= 4 is 0 Å². The van der Waals surface area contributed by atoms with E-state index >= 15 is 0 Å². The van der Waals surface area contributed by atoms with E-state index in [0.29, 0.717) is 5.41 Å². The second-order valence-corrected chi connectivity index (χ2v) is 8.36. The van der Waals surface area contributed by atoms with Crippen molar-refractivity contribution < 1.29 is 4.74 Å². The van der Waals surface area contributed by atoms with Crippen LogP contribution in [0.1, 0.15) is 58.8 Å². The average molecular weight is 323 g/mol. The fourth-order valence-corrected chi connectivity index (χ4v) is 6.39. The van der Waals surface area contributed by atoms with Crippen molar-refractivity contribution in [2.24, 2.45) is 29.1 Å². The van der Waals surface area contributed by atoms with Crippen LogP contribution in [0.3, 0.4) is 0 Å². The predicted molar refractivity (Wildman–Crippen MR) is 95.9 cm³/mol. The zero-order valence-electron chi connectivity index (χ0n) is 15.1. The van der Waals surface area contributed by atoms with Gasteiger partial charge in [-0.05, 0) is 86.2 Å². The molecule has 0 bridgehead atoms. The van der Waals surface area contributed by atoms with E-state index < -0.39 is 0 Å². The molecule has 0 spiro atoms. The molecule has 0 heterocycles. The molecule has 0 saturated heterocycles. The van der Waals surface area contributed by atoms with Gasteiger partial charge in [-0.25, -0.2) is 0 Å². The molecule has 2 heteroatoms. The maximum atomic E-state index is 9.13. The topological polar surface area (TPSA) is 33.0 Å². The Hall–Kier alpha value is -1.49. The Morgan fingerprint density at radius 3 is 2.96 bits per heavy atom. The zero-order valence-corrected chi connectivity index (χ0v) is 15.1. The molecule has 0 N–H and O–H groups in total. The van der Waals surface area contributed by atoms with Gasteiger partial charge in [0.1, 0.15) is 0 Å². The van der Waals surface area contributed by atoms with Crippen molar-refractivity contribution in [2.75, 3.05) is 6.61 Å². The molecule has 0 aromatic carbocycles. The Kier molecular flexibility index (Phi) is 4.07. The maximum absolute atomic E-state index is 9.13. The number of fused-ring (bicyclic) bond motifs is 5. The lowest BCUT2D eigenvalue weighted by molar-refractivity contribution is 0.0282. The number of ether oxygens (including phenoxy) is 1. The molecule has 2 saturated carbocycles. The van der Waals surface area contributed by atoms with Crippen LogP contribution in [0.4, 0.5) is 0 Å². The first-order chi connectivity index (χ1) is 11.7. The van der Waals surface area contributed by atoms with Gasteiger partial charge >= 0.3 is 0 Å². The summed E-state index contributed by atoms with van der Waals surface area (Å²) >= 11 is 0. The molecular formula is C22H29NO. The first-order valence-corrected chi connectivity index (χ1v) is 9.80. The number of allylic oxidation sites excluding steroid dienone is 6. The van der Waals surface area contributed by atoms with Crippen LogP contribution in [0.5, 0.6) is 0 Å². The minimum Gasteiger partial charge on any atom is -0.498 e. The van der Waals surface area contributed by atoms with Crippen LogP contribution in [-0.2, 0) is 4.74 Å². The van der Waals surface area contributed by atoms with Crippen LogP contribution in [0.25, 0.3) is 0 Å². The maximum Gasteiger partial charge on any atom is 0.0962 e. The Morgan fingerprint density at radius 2 is 2.17 bits per heavy atom. The lowest BCUT2D eigenvalue weighted by Gasteiger charge is -2.52. The Morgan fingerprint density at radius 1 is 1.29 bits per heavy atom. The van der Waals surface area contributed by atoms with E-state index in [9.17, 15) is 0 Å². The van der Waals surface area contributed by atoms with Gasteiger partial charge in [-0.15, -0.1) is 0 Å². The molecule has 24 heavy (non-hydrogen) atoms. The van der Waals surface area contributed by atoms with Crippen LogP contribution in [-0.4, -0.2) is 6.61 Å². The van der Waals surface area contributed by atoms with Gasteiger partial charge in [0.15, 0.2) is 0 Å². The third kappa shape index (κ3) is 2.36. The molecule has 4 aliphatic carbocycles. The quantitative estimate of drug-likeness (QED) is 0.625. The molecule has 4 rings (SSSR count). The van der Waals surface area contributed by atoms with E-state index in [-0.39, 0.29) is 0 Å². The van der Waals surface area contributed by atoms with Gasteiger partial charge in [0.25, 0.3) is 0 Å². The van der Waals surface area contributed by atoms with Crippen LogP contribution in [0, 0.1) is 40.4 Å². The smallest absolute Gasteiger partial charge is 0.0962 e. The van der Waals surface area contributed by atoms with Crippen LogP contribution < -0.4 is 0 Å². The molecule has 5 atom stereocenters. The Labute approximate surface area is 146 Å². The van der Waals surface area contributed by atoms with Gasteiger partial charge in [-0.2, -0.15) is 5.26 Å². The van der Waals surface area contributed by atoms with Crippen LogP contribution in [0.15, 0.2) is 35.1 Å². The largest absolute Gasteiger partial charge is 0.498 e. The summed E-state index contributed by atoms with van der Waals surface area (Å²) in [6.45, 7) is 5.30. The first kappa shape index (κ1) is 16.0. The van der Waals surface area contributed by atoms with Crippen LogP contribution >= 0.6 is 0 Å². The van der Waals surface area contributed by atoms with Gasteiger partial charge in [0, 0.05) is 12.5 Å². The van der Waals surface area contributed by atoms with Gasteiger partial charge in [0.05, 0.1) is 18.4 Å². The number of rotatable bonds is 2. The Balaban J connectivity index is 1.60. The zero-order chi connectivity index (χ0) is 16.7. The molecule has 0 aromatic rings. The summed E-state index contributed by atoms with van der Waals surface area (Å²) in [6, 6.07) is 2.31. The summed E-state index contributed by atoms with van der Waals surface area (Å²) in [7, 11) is 0. The number of hydrogen-bond donors (Lipinski definition) is 0. The molecule has 0 radical (unpaired) electrons. The van der Waals surface area contributed by atoms with E-state index in [1.165, 1.54) is 43.4 Å². The van der Waals surface area contributed by atoms with Crippen LogP contribution in [0.2, 0.25) is 0 Å². The van der Waals surface area contributed by atoms with E-state index in [4.69, 9.17) is 10.00 Å². The molecule has 0 aliphatic heterocycles. The minimum absolute atomic E-state index is 0.295. The summed E-state index contributed by atoms with van der Waals surface area (Å²) in [5, 5.41) is 9.13. The Bertz CT molecular complexity index is 649. The second-order valence-electron chi connectivity index (χ2n) is 8.36. The van der Waals surface area contributed by atoms with E-state index in [0.717, 1.165) is 43.1 Å². The number of hydrogen-bond acceptors (Lipinski definition) is 2. The van der Waals surface area contributed by atoms with Crippen molar-refractivity contribution in [3.8, 4) is 6.07 Å². The third-order valence-electron chi connectivity index (χ3n) is 7.51. The lowest BCUT2D eigenvalue weighted by Crippen LogP contribution is -2.43. The van der Waals surface area contributed by atoms with Crippen molar-refractivity contribution in [1.82, 2.24) is 0 Å². The van der Waals surface area contributed by atoms with Gasteiger partial charge in [-0.1, -0.05) is 18.6 Å². The van der Waals surface area contributed by atoms with Crippen molar-refractivity contribution in [1.29, 1.82) is 5.26 Å². The normalized spacial score (nSPS) is 42.3. The van der Waals surface area contributed by atoms with E-state index in [2.05, 4.69) is 32.1 Å². The fourth-order valence-electron chi connectivity index (χ4n) is 6.39. The summed E-state index contributed by atoms with van der Waals surface area (Å²) in [5.41, 5.74) is 3.29. The summed E-state index contributed by atoms with van der Waals surface area (Å²) in [5.74, 6) is 4.40. The highest BCUT2D eigenvalue weighted by Gasteiger charge is 2.53. The second kappa shape index (κ2) is 6.10. The molecule has 0 aromatic heterocycles. The molecule has 2 nitrogen and oxygen atoms in total. The number of nitriles is 1. The van der Waals surface area contributed by atoms with Gasteiger partial charge in [-0.3, -0.25) is 0 Å². The van der Waals surface area contributed by atoms with E-state index in [1.54, 1.807) is 5.57 Å². The summed E-state index contributed by atoms with van der Waals surface area (Å²) in [4.78, 5) is 0. The first-order valence-electron chi connectivity index (χ1n) is 9.80. The SMILES string of the molecule is CCOC1=CC2=CC[C@@H]3[C@H](CC[C@]4(C)C(=CC#N)CC[C@@H]34)[C@H]2CC1. The van der Waals surface area contributed by atoms with Crippen molar-refractivity contribution in [2.45, 2.75) is 58.8 Å². The predicted octanol–water partition coefficient (Wildman–Crippen LogP) is 5.54. The summed E-state index contributed by atoms with van der Waals surface area (Å²) in [6.07, 6.45) is 15.4. The number of nitrogens with zero attached hydrogens (tertiary/aromatic N) is 1. The van der Waals surface area contributed by atoms with Crippen molar-refractivity contribution in [3.05, 3.63) is 35.1 Å². The third-order valence-corrected chi connectivity index (χ3v) is 7.51. The highest BCUT2D eigenvalue weighted by molar-refractivity contribution is 5.33. The standard InChI is InChI=1S/C22H29NO/c1-3-24-17-6-8-18-15(14-17)4-7-20-19(18)10-12-22(2)16(11-13-23)5-9-21(20)22/h4,11,14,18-21H,3,5-10,12H2,1-2H3/t18-,19+,20+,21-,22+/m0/s1. The average Bonchev–Trinajstić information content (AvgIpc) is 2.92. The summed E-state index contributed by atoms with van der Waals surface area (Å²) < 4.78 is 5.78. The molecule has 0 unspecified atom stereocenters. The fraction of sp³-hybridized carbons (Fsp3) is 0.682.